The molecule has 0 radical (unpaired) electrons. The quantitative estimate of drug-likeness (QED) is 0.892. The van der Waals surface area contributed by atoms with E-state index in [0.717, 1.165) is 44.6 Å². The summed E-state index contributed by atoms with van der Waals surface area (Å²) in [5.41, 5.74) is 1.32. The van der Waals surface area contributed by atoms with Crippen molar-refractivity contribution >= 4 is 5.91 Å². The summed E-state index contributed by atoms with van der Waals surface area (Å²) in [7, 11) is 1.68. The molecule has 2 rings (SSSR count). The van der Waals surface area contributed by atoms with Crippen LogP contribution in [0.5, 0.6) is 5.75 Å². The fraction of sp³-hybridized carbons (Fsp3) is 0.562. The Morgan fingerprint density at radius 3 is 2.50 bits per heavy atom. The van der Waals surface area contributed by atoms with Crippen LogP contribution in [0.2, 0.25) is 0 Å². The van der Waals surface area contributed by atoms with Crippen molar-refractivity contribution < 1.29 is 9.53 Å². The Hall–Kier alpha value is -1.55. The van der Waals surface area contributed by atoms with Gasteiger partial charge in [0.25, 0.3) is 0 Å². The van der Waals surface area contributed by atoms with Crippen LogP contribution in [0.3, 0.4) is 0 Å². The van der Waals surface area contributed by atoms with Crippen molar-refractivity contribution in [1.29, 1.82) is 0 Å². The van der Waals surface area contributed by atoms with E-state index < -0.39 is 0 Å². The van der Waals surface area contributed by atoms with Gasteiger partial charge in [0, 0.05) is 26.1 Å². The van der Waals surface area contributed by atoms with E-state index in [9.17, 15) is 4.79 Å². The molecular weight excluding hydrogens is 252 g/mol. The van der Waals surface area contributed by atoms with E-state index >= 15 is 0 Å². The van der Waals surface area contributed by atoms with Crippen LogP contribution in [0.15, 0.2) is 24.3 Å². The number of nitrogens with zero attached hydrogens (tertiary/aromatic N) is 1. The molecule has 0 saturated carbocycles. The summed E-state index contributed by atoms with van der Waals surface area (Å²) < 4.78 is 5.15. The van der Waals surface area contributed by atoms with Gasteiger partial charge in [0.15, 0.2) is 0 Å². The Kier molecular flexibility index (Phi) is 5.41. The maximum atomic E-state index is 11.3. The average molecular weight is 276 g/mol. The topological polar surface area (TPSA) is 41.6 Å². The van der Waals surface area contributed by atoms with Crippen molar-refractivity contribution in [3.05, 3.63) is 29.8 Å². The normalized spacial score (nSPS) is 16.2. The first kappa shape index (κ1) is 14.9. The third-order valence-electron chi connectivity index (χ3n) is 3.95. The molecule has 110 valence electrons. The molecule has 1 N–H and O–H groups in total. The molecule has 0 unspecified atom stereocenters. The highest BCUT2D eigenvalue weighted by Gasteiger charge is 2.19. The summed E-state index contributed by atoms with van der Waals surface area (Å²) in [6.45, 7) is 4.40. The molecule has 0 aliphatic carbocycles. The molecule has 1 aliphatic heterocycles. The number of hydrogen-bond donors (Lipinski definition) is 1. The Morgan fingerprint density at radius 2 is 1.95 bits per heavy atom. The van der Waals surface area contributed by atoms with Crippen LogP contribution in [0.1, 0.15) is 25.3 Å². The number of hydrogen-bond acceptors (Lipinski definition) is 3. The zero-order chi connectivity index (χ0) is 14.4. The number of methoxy groups -OCH3 is 1. The fourth-order valence-corrected chi connectivity index (χ4v) is 2.61. The van der Waals surface area contributed by atoms with Gasteiger partial charge in [0.05, 0.1) is 7.11 Å². The lowest BCUT2D eigenvalue weighted by atomic mass is 10.0. The Bertz CT molecular complexity index is 423. The van der Waals surface area contributed by atoms with Crippen molar-refractivity contribution in [2.24, 2.45) is 0 Å². The molecule has 0 bridgehead atoms. The van der Waals surface area contributed by atoms with E-state index in [1.807, 2.05) is 17.0 Å². The van der Waals surface area contributed by atoms with Gasteiger partial charge in [-0.15, -0.1) is 0 Å². The second-order valence-corrected chi connectivity index (χ2v) is 5.33. The third-order valence-corrected chi connectivity index (χ3v) is 3.95. The van der Waals surface area contributed by atoms with Crippen LogP contribution in [0.25, 0.3) is 0 Å². The lowest BCUT2D eigenvalue weighted by molar-refractivity contribution is -0.129. The standard InChI is InChI=1S/C16H24N2O2/c1-13(19)18-11-8-15(9-12-18)17-10-7-14-3-5-16(20-2)6-4-14/h3-6,15,17H,7-12H2,1-2H3. The minimum absolute atomic E-state index is 0.196. The molecule has 4 heteroatoms. The molecule has 1 heterocycles. The zero-order valence-corrected chi connectivity index (χ0v) is 12.4. The third kappa shape index (κ3) is 4.23. The summed E-state index contributed by atoms with van der Waals surface area (Å²) in [6, 6.07) is 8.77. The highest BCUT2D eigenvalue weighted by molar-refractivity contribution is 5.73. The van der Waals surface area contributed by atoms with Crippen LogP contribution in [0, 0.1) is 0 Å². The van der Waals surface area contributed by atoms with E-state index in [0.29, 0.717) is 6.04 Å². The summed E-state index contributed by atoms with van der Waals surface area (Å²) in [6.07, 6.45) is 3.14. The predicted molar refractivity (Wildman–Crippen MR) is 80.0 cm³/mol. The molecule has 20 heavy (non-hydrogen) atoms. The zero-order valence-electron chi connectivity index (χ0n) is 12.4. The van der Waals surface area contributed by atoms with Crippen molar-refractivity contribution in [2.45, 2.75) is 32.2 Å². The molecule has 0 aromatic heterocycles. The molecule has 0 spiro atoms. The first-order valence-corrected chi connectivity index (χ1v) is 7.31. The first-order valence-electron chi connectivity index (χ1n) is 7.31. The Balaban J connectivity index is 1.67. The number of nitrogens with one attached hydrogen (secondary N) is 1. The van der Waals surface area contributed by atoms with Gasteiger partial charge in [-0.2, -0.15) is 0 Å². The van der Waals surface area contributed by atoms with Gasteiger partial charge >= 0.3 is 0 Å². The molecule has 1 aromatic carbocycles. The predicted octanol–water partition coefficient (Wildman–Crippen LogP) is 1.84. The van der Waals surface area contributed by atoms with E-state index in [1.54, 1.807) is 14.0 Å². The van der Waals surface area contributed by atoms with E-state index in [-0.39, 0.29) is 5.91 Å². The minimum atomic E-state index is 0.196. The highest BCUT2D eigenvalue weighted by atomic mass is 16.5. The molecule has 1 saturated heterocycles. The van der Waals surface area contributed by atoms with Gasteiger partial charge in [-0.1, -0.05) is 12.1 Å². The fourth-order valence-electron chi connectivity index (χ4n) is 2.61. The Labute approximate surface area is 121 Å². The largest absolute Gasteiger partial charge is 0.497 e. The van der Waals surface area contributed by atoms with Crippen molar-refractivity contribution in [3.63, 3.8) is 0 Å². The first-order chi connectivity index (χ1) is 9.69. The lowest BCUT2D eigenvalue weighted by Gasteiger charge is -2.31. The van der Waals surface area contributed by atoms with Gasteiger partial charge in [0.2, 0.25) is 5.91 Å². The van der Waals surface area contributed by atoms with Crippen LogP contribution in [0.4, 0.5) is 0 Å². The molecule has 1 fully saturated rings. The Morgan fingerprint density at radius 1 is 1.30 bits per heavy atom. The number of benzene rings is 1. The molecule has 1 aromatic rings. The summed E-state index contributed by atoms with van der Waals surface area (Å²) in [4.78, 5) is 13.2. The smallest absolute Gasteiger partial charge is 0.219 e. The minimum Gasteiger partial charge on any atom is -0.497 e. The monoisotopic (exact) mass is 276 g/mol. The van der Waals surface area contributed by atoms with E-state index in [1.165, 1.54) is 5.56 Å². The maximum Gasteiger partial charge on any atom is 0.219 e. The van der Waals surface area contributed by atoms with Gasteiger partial charge in [0.1, 0.15) is 5.75 Å². The number of ether oxygens (including phenoxy) is 1. The van der Waals surface area contributed by atoms with Crippen molar-refractivity contribution in [3.8, 4) is 5.75 Å². The summed E-state index contributed by atoms with van der Waals surface area (Å²) >= 11 is 0. The molecule has 1 aliphatic rings. The van der Waals surface area contributed by atoms with Crippen LogP contribution in [-0.4, -0.2) is 43.6 Å². The molecular formula is C16H24N2O2. The molecule has 1 amide bonds. The maximum absolute atomic E-state index is 11.3. The van der Waals surface area contributed by atoms with Crippen molar-refractivity contribution in [2.75, 3.05) is 26.7 Å². The van der Waals surface area contributed by atoms with Gasteiger partial charge < -0.3 is 15.0 Å². The number of likely N-dealkylation sites (tertiary alicyclic amines) is 1. The van der Waals surface area contributed by atoms with Crippen LogP contribution in [-0.2, 0) is 11.2 Å². The number of carbonyl (C=O) groups excluding carboxylic acids is 1. The number of carbonyl (C=O) groups is 1. The van der Waals surface area contributed by atoms with Crippen molar-refractivity contribution in [1.82, 2.24) is 10.2 Å². The van der Waals surface area contributed by atoms with Crippen LogP contribution >= 0.6 is 0 Å². The molecule has 0 atom stereocenters. The highest BCUT2D eigenvalue weighted by Crippen LogP contribution is 2.13. The van der Waals surface area contributed by atoms with Gasteiger partial charge in [-0.3, -0.25) is 4.79 Å². The number of rotatable bonds is 5. The average Bonchev–Trinajstić information content (AvgIpc) is 2.48. The second-order valence-electron chi connectivity index (χ2n) is 5.33. The van der Waals surface area contributed by atoms with Crippen LogP contribution < -0.4 is 10.1 Å². The number of amides is 1. The van der Waals surface area contributed by atoms with E-state index in [2.05, 4.69) is 17.4 Å². The number of piperidine rings is 1. The summed E-state index contributed by atoms with van der Waals surface area (Å²) in [5, 5.41) is 3.59. The SMILES string of the molecule is COc1ccc(CCNC2CCN(C(C)=O)CC2)cc1. The van der Waals surface area contributed by atoms with E-state index in [4.69, 9.17) is 4.74 Å². The van der Waals surface area contributed by atoms with Gasteiger partial charge in [-0.05, 0) is 43.5 Å². The van der Waals surface area contributed by atoms with Gasteiger partial charge in [-0.25, -0.2) is 0 Å². The molecule has 4 nitrogen and oxygen atoms in total. The second kappa shape index (κ2) is 7.29. The summed E-state index contributed by atoms with van der Waals surface area (Å²) in [5.74, 6) is 1.10. The lowest BCUT2D eigenvalue weighted by Crippen LogP contribution is -2.44.